The predicted octanol–water partition coefficient (Wildman–Crippen LogP) is 2.17. The maximum atomic E-state index is 12.7. The van der Waals surface area contributed by atoms with Crippen LogP contribution in [0.15, 0.2) is 52.1 Å². The summed E-state index contributed by atoms with van der Waals surface area (Å²) in [6.07, 6.45) is 0. The van der Waals surface area contributed by atoms with Crippen LogP contribution in [0.25, 0.3) is 0 Å². The summed E-state index contributed by atoms with van der Waals surface area (Å²) >= 11 is 1.28. The Hall–Kier alpha value is -3.93. The second kappa shape index (κ2) is 10.8. The van der Waals surface area contributed by atoms with Crippen LogP contribution in [0.1, 0.15) is 30.2 Å². The maximum absolute atomic E-state index is 12.7. The smallest absolute Gasteiger partial charge is 0.352 e. The molecule has 4 rings (SSSR count). The van der Waals surface area contributed by atoms with Crippen molar-refractivity contribution >= 4 is 35.5 Å². The van der Waals surface area contributed by atoms with Crippen molar-refractivity contribution in [3.05, 3.63) is 59.2 Å². The number of β-lactam (4-membered cyclic amide) rings is 1. The fraction of sp³-hybridized carbons (Fsp3) is 0.333. The average molecular weight is 517 g/mol. The normalized spacial score (nSPS) is 18.7. The van der Waals surface area contributed by atoms with Crippen molar-refractivity contribution < 1.29 is 42.9 Å². The summed E-state index contributed by atoms with van der Waals surface area (Å²) < 4.78 is 21.5. The van der Waals surface area contributed by atoms with E-state index in [1.807, 2.05) is 6.92 Å². The number of rotatable bonds is 10. The molecule has 1 saturated heterocycles. The minimum absolute atomic E-state index is 0.00287. The number of nitrogens with one attached hydrogen (secondary N) is 1. The van der Waals surface area contributed by atoms with Gasteiger partial charge in [-0.15, -0.1) is 11.8 Å². The predicted molar refractivity (Wildman–Crippen MR) is 126 cm³/mol. The van der Waals surface area contributed by atoms with Crippen LogP contribution >= 0.6 is 11.8 Å². The van der Waals surface area contributed by atoms with Gasteiger partial charge in [0.25, 0.3) is 11.8 Å². The molecule has 1 aromatic heterocycles. The minimum atomic E-state index is -1.30. The number of carboxylic acid groups (broad SMARTS) is 1. The molecule has 11 nitrogen and oxygen atoms in total. The number of ether oxygens (including phenoxy) is 3. The topological polar surface area (TPSA) is 145 Å². The molecule has 0 unspecified atom stereocenters. The van der Waals surface area contributed by atoms with E-state index in [-0.39, 0.29) is 30.4 Å². The number of esters is 1. The van der Waals surface area contributed by atoms with Gasteiger partial charge in [0.05, 0.1) is 6.61 Å². The van der Waals surface area contributed by atoms with Crippen LogP contribution in [0, 0.1) is 0 Å². The van der Waals surface area contributed by atoms with E-state index >= 15 is 0 Å². The van der Waals surface area contributed by atoms with Crippen LogP contribution in [0.5, 0.6) is 11.5 Å². The van der Waals surface area contributed by atoms with Crippen LogP contribution in [0.2, 0.25) is 0 Å². The van der Waals surface area contributed by atoms with Gasteiger partial charge in [0, 0.05) is 18.2 Å². The van der Waals surface area contributed by atoms with Gasteiger partial charge < -0.3 is 29.1 Å². The number of thioether (sulfide) groups is 1. The number of fused-ring (bicyclic) bond motifs is 1. The molecule has 2 aliphatic heterocycles. The fourth-order valence-electron chi connectivity index (χ4n) is 3.73. The monoisotopic (exact) mass is 516 g/mol. The zero-order valence-corrected chi connectivity index (χ0v) is 20.3. The molecule has 190 valence electrons. The number of hydrogen-bond acceptors (Lipinski definition) is 9. The molecule has 2 atom stereocenters. The molecule has 36 heavy (non-hydrogen) atoms. The molecule has 1 aromatic carbocycles. The van der Waals surface area contributed by atoms with E-state index in [1.54, 1.807) is 30.3 Å². The summed E-state index contributed by atoms with van der Waals surface area (Å²) in [6, 6.07) is 9.24. The number of aliphatic carboxylic acids is 1. The highest BCUT2D eigenvalue weighted by atomic mass is 32.2. The van der Waals surface area contributed by atoms with Gasteiger partial charge in [-0.1, -0.05) is 0 Å². The van der Waals surface area contributed by atoms with E-state index in [2.05, 4.69) is 5.32 Å². The lowest BCUT2D eigenvalue weighted by molar-refractivity contribution is -0.149. The fourth-order valence-corrected chi connectivity index (χ4v) is 5.05. The van der Waals surface area contributed by atoms with Gasteiger partial charge in [0.15, 0.2) is 5.76 Å². The number of carbonyl (C=O) groups excluding carboxylic acids is 3. The van der Waals surface area contributed by atoms with E-state index < -0.39 is 35.2 Å². The number of furan rings is 1. The van der Waals surface area contributed by atoms with Gasteiger partial charge in [-0.25, -0.2) is 4.79 Å². The summed E-state index contributed by atoms with van der Waals surface area (Å²) in [7, 11) is 0. The Morgan fingerprint density at radius 1 is 1.11 bits per heavy atom. The molecular formula is C24H24N2O9S. The molecule has 0 radical (unpaired) electrons. The first kappa shape index (κ1) is 25.2. The minimum Gasteiger partial charge on any atom is -0.494 e. The second-order valence-corrected chi connectivity index (χ2v) is 8.96. The van der Waals surface area contributed by atoms with Gasteiger partial charge in [-0.2, -0.15) is 0 Å². The molecule has 2 aliphatic rings. The van der Waals surface area contributed by atoms with Crippen molar-refractivity contribution in [3.8, 4) is 11.5 Å². The lowest BCUT2D eigenvalue weighted by Gasteiger charge is -2.49. The Labute approximate surface area is 210 Å². The molecular weight excluding hydrogens is 492 g/mol. The third-order valence-electron chi connectivity index (χ3n) is 5.39. The molecule has 2 N–H and O–H groups in total. The maximum Gasteiger partial charge on any atom is 0.352 e. The zero-order chi connectivity index (χ0) is 25.8. The van der Waals surface area contributed by atoms with Gasteiger partial charge >= 0.3 is 11.9 Å². The molecule has 0 bridgehead atoms. The number of carbonyl (C=O) groups is 4. The van der Waals surface area contributed by atoms with Gasteiger partial charge in [0.1, 0.15) is 47.6 Å². The SMILES string of the molecule is CCOc1ccc(OCc2ccc(C(=O)N[C@H]3C(=O)N4C(C(=O)O)=C(COC(C)=O)CS[C@H]34)o2)cc1. The van der Waals surface area contributed by atoms with Crippen molar-refractivity contribution in [3.63, 3.8) is 0 Å². The summed E-state index contributed by atoms with van der Waals surface area (Å²) in [5.41, 5.74) is 0.0995. The molecule has 12 heteroatoms. The molecule has 2 aromatic rings. The second-order valence-electron chi connectivity index (χ2n) is 7.86. The van der Waals surface area contributed by atoms with Gasteiger partial charge in [-0.3, -0.25) is 19.3 Å². The lowest BCUT2D eigenvalue weighted by atomic mass is 10.0. The van der Waals surface area contributed by atoms with Crippen LogP contribution in [-0.4, -0.2) is 64.1 Å². The van der Waals surface area contributed by atoms with E-state index in [9.17, 15) is 24.3 Å². The Bertz CT molecular complexity index is 1200. The molecule has 2 amide bonds. The highest BCUT2D eigenvalue weighted by Gasteiger charge is 2.54. The third kappa shape index (κ3) is 5.33. The van der Waals surface area contributed by atoms with Crippen LogP contribution in [0.3, 0.4) is 0 Å². The van der Waals surface area contributed by atoms with E-state index in [0.29, 0.717) is 23.7 Å². The standard InChI is InChI=1S/C24H24N2O9S/c1-3-32-15-4-6-16(7-5-15)34-11-17-8-9-18(35-17)21(28)25-19-22(29)26-20(24(30)31)14(10-33-13(2)27)12-36-23(19)26/h4-9,19,23H,3,10-12H2,1-2H3,(H,25,28)(H,30,31)/t19-,23+/m0/s1. The Kier molecular flexibility index (Phi) is 7.53. The van der Waals surface area contributed by atoms with Crippen molar-refractivity contribution in [2.24, 2.45) is 0 Å². The average Bonchev–Trinajstić information content (AvgIpc) is 3.34. The summed E-state index contributed by atoms with van der Waals surface area (Å²) in [4.78, 5) is 49.4. The third-order valence-corrected chi connectivity index (χ3v) is 6.73. The van der Waals surface area contributed by atoms with E-state index in [4.69, 9.17) is 18.6 Å². The van der Waals surface area contributed by atoms with Crippen molar-refractivity contribution in [1.82, 2.24) is 10.2 Å². The van der Waals surface area contributed by atoms with E-state index in [0.717, 1.165) is 10.6 Å². The first-order valence-corrected chi connectivity index (χ1v) is 12.1. The molecule has 0 spiro atoms. The first-order chi connectivity index (χ1) is 17.3. The molecule has 0 aliphatic carbocycles. The molecule has 3 heterocycles. The van der Waals surface area contributed by atoms with E-state index in [1.165, 1.54) is 24.8 Å². The molecule has 1 fully saturated rings. The Balaban J connectivity index is 1.35. The summed E-state index contributed by atoms with van der Waals surface area (Å²) in [5.74, 6) is -1.05. The number of amides is 2. The van der Waals surface area contributed by atoms with Crippen molar-refractivity contribution in [2.75, 3.05) is 19.0 Å². The van der Waals surface area contributed by atoms with Crippen LogP contribution < -0.4 is 14.8 Å². The lowest BCUT2D eigenvalue weighted by Crippen LogP contribution is -2.70. The Morgan fingerprint density at radius 3 is 2.44 bits per heavy atom. The number of nitrogens with zero attached hydrogens (tertiary/aromatic N) is 1. The molecule has 0 saturated carbocycles. The highest BCUT2D eigenvalue weighted by Crippen LogP contribution is 2.40. The summed E-state index contributed by atoms with van der Waals surface area (Å²) in [5, 5.41) is 11.6. The van der Waals surface area contributed by atoms with Gasteiger partial charge in [-0.05, 0) is 43.3 Å². The number of carboxylic acids is 1. The quantitative estimate of drug-likeness (QED) is 0.356. The first-order valence-electron chi connectivity index (χ1n) is 11.1. The van der Waals surface area contributed by atoms with Crippen LogP contribution in [0.4, 0.5) is 0 Å². The van der Waals surface area contributed by atoms with Crippen molar-refractivity contribution in [2.45, 2.75) is 31.9 Å². The number of benzene rings is 1. The van der Waals surface area contributed by atoms with Gasteiger partial charge in [0.2, 0.25) is 0 Å². The zero-order valence-electron chi connectivity index (χ0n) is 19.5. The van der Waals surface area contributed by atoms with Crippen molar-refractivity contribution in [1.29, 1.82) is 0 Å². The largest absolute Gasteiger partial charge is 0.494 e. The number of hydrogen-bond donors (Lipinski definition) is 2. The highest BCUT2D eigenvalue weighted by molar-refractivity contribution is 8.00. The van der Waals surface area contributed by atoms with Crippen LogP contribution in [-0.2, 0) is 25.7 Å². The summed E-state index contributed by atoms with van der Waals surface area (Å²) in [6.45, 7) is 3.55. The Morgan fingerprint density at radius 2 is 1.81 bits per heavy atom.